The summed E-state index contributed by atoms with van der Waals surface area (Å²) in [7, 11) is 0. The lowest BCUT2D eigenvalue weighted by Crippen LogP contribution is -2.52. The van der Waals surface area contributed by atoms with Gasteiger partial charge in [0.15, 0.2) is 0 Å². The first kappa shape index (κ1) is 14.2. The van der Waals surface area contributed by atoms with Gasteiger partial charge in [0.25, 0.3) is 5.69 Å². The standard InChI is InChI=1S/C13H17ClN2O3/c1-13(2)9-19-6-5-15(13)8-10-7-11(16(17)18)3-4-12(10)14/h3-4,7H,5-6,8-9H2,1-2H3. The maximum absolute atomic E-state index is 10.8. The molecule has 0 aliphatic carbocycles. The summed E-state index contributed by atoms with van der Waals surface area (Å²) >= 11 is 6.13. The third kappa shape index (κ3) is 3.23. The van der Waals surface area contributed by atoms with Crippen LogP contribution in [0.25, 0.3) is 0 Å². The van der Waals surface area contributed by atoms with Crippen molar-refractivity contribution >= 4 is 17.3 Å². The molecule has 1 aromatic carbocycles. The van der Waals surface area contributed by atoms with Crippen molar-refractivity contribution in [1.82, 2.24) is 4.90 Å². The van der Waals surface area contributed by atoms with E-state index in [2.05, 4.69) is 18.7 Å². The number of morpholine rings is 1. The van der Waals surface area contributed by atoms with Crippen LogP contribution in [0.1, 0.15) is 19.4 Å². The van der Waals surface area contributed by atoms with Gasteiger partial charge in [0, 0.05) is 35.8 Å². The van der Waals surface area contributed by atoms with Crippen LogP contribution in [0.3, 0.4) is 0 Å². The number of ether oxygens (including phenoxy) is 1. The van der Waals surface area contributed by atoms with Crippen molar-refractivity contribution in [3.63, 3.8) is 0 Å². The molecule has 1 aromatic rings. The van der Waals surface area contributed by atoms with Crippen LogP contribution < -0.4 is 0 Å². The Kier molecular flexibility index (Phi) is 4.08. The molecule has 1 saturated heterocycles. The number of halogens is 1. The molecule has 0 spiro atoms. The average molecular weight is 285 g/mol. The highest BCUT2D eigenvalue weighted by Crippen LogP contribution is 2.27. The summed E-state index contributed by atoms with van der Waals surface area (Å²) < 4.78 is 5.46. The van der Waals surface area contributed by atoms with Gasteiger partial charge in [-0.3, -0.25) is 15.0 Å². The van der Waals surface area contributed by atoms with E-state index in [9.17, 15) is 10.1 Å². The van der Waals surface area contributed by atoms with E-state index in [1.165, 1.54) is 6.07 Å². The van der Waals surface area contributed by atoms with Crippen molar-refractivity contribution in [2.75, 3.05) is 19.8 Å². The summed E-state index contributed by atoms with van der Waals surface area (Å²) in [6.07, 6.45) is 0. The van der Waals surface area contributed by atoms with Crippen LogP contribution in [0.2, 0.25) is 5.02 Å². The first-order chi connectivity index (χ1) is 8.90. The molecule has 0 N–H and O–H groups in total. The summed E-state index contributed by atoms with van der Waals surface area (Å²) in [5, 5.41) is 11.4. The lowest BCUT2D eigenvalue weighted by Gasteiger charge is -2.42. The third-order valence-electron chi connectivity index (χ3n) is 3.42. The van der Waals surface area contributed by atoms with Crippen molar-refractivity contribution in [1.29, 1.82) is 0 Å². The van der Waals surface area contributed by atoms with Crippen LogP contribution in [0.5, 0.6) is 0 Å². The Bertz CT molecular complexity index is 491. The van der Waals surface area contributed by atoms with Crippen LogP contribution in [0.4, 0.5) is 5.69 Å². The predicted molar refractivity (Wildman–Crippen MR) is 73.4 cm³/mol. The van der Waals surface area contributed by atoms with Crippen LogP contribution in [0, 0.1) is 10.1 Å². The molecular formula is C13H17ClN2O3. The Balaban J connectivity index is 2.22. The van der Waals surface area contributed by atoms with Gasteiger partial charge in [0.05, 0.1) is 18.1 Å². The first-order valence-electron chi connectivity index (χ1n) is 6.16. The number of benzene rings is 1. The molecule has 0 radical (unpaired) electrons. The number of nitro groups is 1. The summed E-state index contributed by atoms with van der Waals surface area (Å²) in [5.41, 5.74) is 0.767. The van der Waals surface area contributed by atoms with Crippen LogP contribution in [-0.4, -0.2) is 35.1 Å². The van der Waals surface area contributed by atoms with E-state index in [1.54, 1.807) is 12.1 Å². The second-order valence-electron chi connectivity index (χ2n) is 5.32. The van der Waals surface area contributed by atoms with E-state index in [0.29, 0.717) is 24.8 Å². The Morgan fingerprint density at radius 3 is 2.89 bits per heavy atom. The number of rotatable bonds is 3. The van der Waals surface area contributed by atoms with Gasteiger partial charge in [-0.1, -0.05) is 11.6 Å². The molecule has 0 saturated carbocycles. The lowest BCUT2D eigenvalue weighted by atomic mass is 10.0. The molecule has 0 unspecified atom stereocenters. The predicted octanol–water partition coefficient (Wildman–Crippen LogP) is 2.86. The quantitative estimate of drug-likeness (QED) is 0.633. The second kappa shape index (κ2) is 5.45. The first-order valence-corrected chi connectivity index (χ1v) is 6.53. The highest BCUT2D eigenvalue weighted by atomic mass is 35.5. The lowest BCUT2D eigenvalue weighted by molar-refractivity contribution is -0.384. The summed E-state index contributed by atoms with van der Waals surface area (Å²) in [5.74, 6) is 0. The average Bonchev–Trinajstić information content (AvgIpc) is 2.34. The third-order valence-corrected chi connectivity index (χ3v) is 3.79. The van der Waals surface area contributed by atoms with Gasteiger partial charge in [-0.05, 0) is 25.5 Å². The van der Waals surface area contributed by atoms with Gasteiger partial charge in [-0.15, -0.1) is 0 Å². The van der Waals surface area contributed by atoms with Crippen LogP contribution in [-0.2, 0) is 11.3 Å². The van der Waals surface area contributed by atoms with Crippen molar-refractivity contribution < 1.29 is 9.66 Å². The Labute approximate surface area is 117 Å². The summed E-state index contributed by atoms with van der Waals surface area (Å²) in [6, 6.07) is 4.56. The van der Waals surface area contributed by atoms with E-state index in [-0.39, 0.29) is 11.2 Å². The summed E-state index contributed by atoms with van der Waals surface area (Å²) in [6.45, 7) is 6.91. The highest BCUT2D eigenvalue weighted by Gasteiger charge is 2.31. The van der Waals surface area contributed by atoms with Crippen molar-refractivity contribution in [3.05, 3.63) is 38.9 Å². The maximum Gasteiger partial charge on any atom is 0.269 e. The Morgan fingerprint density at radius 1 is 1.53 bits per heavy atom. The SMILES string of the molecule is CC1(C)COCCN1Cc1cc([N+](=O)[O-])ccc1Cl. The van der Waals surface area contributed by atoms with Gasteiger partial charge in [-0.2, -0.15) is 0 Å². The maximum atomic E-state index is 10.8. The van der Waals surface area contributed by atoms with Gasteiger partial charge in [0.2, 0.25) is 0 Å². The fourth-order valence-corrected chi connectivity index (χ4v) is 2.36. The largest absolute Gasteiger partial charge is 0.378 e. The number of hydrogen-bond acceptors (Lipinski definition) is 4. The van der Waals surface area contributed by atoms with Gasteiger partial charge >= 0.3 is 0 Å². The number of nitrogens with zero attached hydrogens (tertiary/aromatic N) is 2. The molecule has 19 heavy (non-hydrogen) atoms. The molecule has 0 amide bonds. The minimum Gasteiger partial charge on any atom is -0.378 e. The fourth-order valence-electron chi connectivity index (χ4n) is 2.19. The Morgan fingerprint density at radius 2 is 2.26 bits per heavy atom. The number of nitro benzene ring substituents is 1. The summed E-state index contributed by atoms with van der Waals surface area (Å²) in [4.78, 5) is 12.7. The van der Waals surface area contributed by atoms with Gasteiger partial charge in [-0.25, -0.2) is 0 Å². The zero-order chi connectivity index (χ0) is 14.0. The molecule has 6 heteroatoms. The second-order valence-corrected chi connectivity index (χ2v) is 5.73. The van der Waals surface area contributed by atoms with E-state index in [0.717, 1.165) is 12.1 Å². The molecular weight excluding hydrogens is 268 g/mol. The minimum absolute atomic E-state index is 0.0745. The van der Waals surface area contributed by atoms with Crippen molar-refractivity contribution in [2.45, 2.75) is 25.9 Å². The monoisotopic (exact) mass is 284 g/mol. The molecule has 5 nitrogen and oxygen atoms in total. The van der Waals surface area contributed by atoms with Crippen LogP contribution >= 0.6 is 11.6 Å². The smallest absolute Gasteiger partial charge is 0.269 e. The number of non-ortho nitro benzene ring substituents is 1. The van der Waals surface area contributed by atoms with E-state index in [1.807, 2.05) is 0 Å². The zero-order valence-corrected chi connectivity index (χ0v) is 11.8. The molecule has 0 atom stereocenters. The highest BCUT2D eigenvalue weighted by molar-refractivity contribution is 6.31. The van der Waals surface area contributed by atoms with E-state index < -0.39 is 4.92 Å². The molecule has 1 fully saturated rings. The molecule has 104 valence electrons. The van der Waals surface area contributed by atoms with Gasteiger partial charge < -0.3 is 4.74 Å². The molecule has 1 aliphatic rings. The zero-order valence-electron chi connectivity index (χ0n) is 11.1. The van der Waals surface area contributed by atoms with Gasteiger partial charge in [0.1, 0.15) is 0 Å². The molecule has 2 rings (SSSR count). The fraction of sp³-hybridized carbons (Fsp3) is 0.538. The Hall–Kier alpha value is -1.17. The molecule has 1 heterocycles. The van der Waals surface area contributed by atoms with E-state index in [4.69, 9.17) is 16.3 Å². The van der Waals surface area contributed by atoms with Crippen LogP contribution in [0.15, 0.2) is 18.2 Å². The molecule has 1 aliphatic heterocycles. The topological polar surface area (TPSA) is 55.6 Å². The van der Waals surface area contributed by atoms with Crippen molar-refractivity contribution in [3.8, 4) is 0 Å². The number of hydrogen-bond donors (Lipinski definition) is 0. The van der Waals surface area contributed by atoms with Crippen molar-refractivity contribution in [2.24, 2.45) is 0 Å². The van der Waals surface area contributed by atoms with E-state index >= 15 is 0 Å². The molecule has 0 bridgehead atoms. The normalized spacial score (nSPS) is 19.3. The molecule has 0 aromatic heterocycles. The minimum atomic E-state index is -0.399.